The number of hydrogen-bond donors (Lipinski definition) is 1. The second kappa shape index (κ2) is 6.71. The minimum atomic E-state index is -0.957. The minimum absolute atomic E-state index is 0.153. The average molecular weight is 427 g/mol. The fourth-order valence-corrected chi connectivity index (χ4v) is 5.10. The van der Waals surface area contributed by atoms with Gasteiger partial charge in [0.05, 0.1) is 6.04 Å². The van der Waals surface area contributed by atoms with E-state index in [4.69, 9.17) is 0 Å². The average Bonchev–Trinajstić information content (AvgIpc) is 3.49. The molecule has 2 aromatic heterocycles. The molecule has 1 saturated heterocycles. The van der Waals surface area contributed by atoms with Gasteiger partial charge in [0.15, 0.2) is 11.3 Å². The summed E-state index contributed by atoms with van der Waals surface area (Å²) in [7, 11) is 0. The van der Waals surface area contributed by atoms with Crippen LogP contribution in [0.5, 0.6) is 0 Å². The zero-order chi connectivity index (χ0) is 21.9. The van der Waals surface area contributed by atoms with Crippen molar-refractivity contribution < 1.29 is 14.0 Å². The van der Waals surface area contributed by atoms with Crippen LogP contribution in [-0.2, 0) is 10.2 Å². The lowest BCUT2D eigenvalue weighted by atomic mass is 9.72. The first-order valence-corrected chi connectivity index (χ1v) is 10.4. The smallest absolute Gasteiger partial charge is 0.275 e. The number of para-hydroxylation sites is 1. The van der Waals surface area contributed by atoms with Gasteiger partial charge in [0, 0.05) is 30.7 Å². The Bertz CT molecular complexity index is 1350. The molecule has 1 spiro atoms. The summed E-state index contributed by atoms with van der Waals surface area (Å²) >= 11 is 0. The Balaban J connectivity index is 1.50. The first kappa shape index (κ1) is 18.7. The van der Waals surface area contributed by atoms with Gasteiger partial charge in [0.1, 0.15) is 11.2 Å². The molecule has 0 saturated carbocycles. The Morgan fingerprint density at radius 3 is 2.75 bits per heavy atom. The maximum absolute atomic E-state index is 13.7. The number of hydrogen-bond acceptors (Lipinski definition) is 4. The lowest BCUT2D eigenvalue weighted by Crippen LogP contribution is -2.42. The molecule has 8 heteroatoms. The Morgan fingerprint density at radius 1 is 1.12 bits per heavy atom. The molecule has 4 heterocycles. The SMILES string of the molecule is O=C(c1cc2ncccn2n1)N1CC[C@]2(C(=O)Nc3ccccc32)[C@@H]1c1ccc(F)cc1. The number of fused-ring (bicyclic) bond motifs is 3. The number of aromatic nitrogens is 3. The third kappa shape index (κ3) is 2.52. The van der Waals surface area contributed by atoms with Crippen LogP contribution in [0.2, 0.25) is 0 Å². The number of halogens is 1. The molecule has 0 aliphatic carbocycles. The molecule has 158 valence electrons. The second-order valence-corrected chi connectivity index (χ2v) is 8.13. The summed E-state index contributed by atoms with van der Waals surface area (Å²) in [6.07, 6.45) is 3.81. The molecule has 2 atom stereocenters. The van der Waals surface area contributed by atoms with Crippen molar-refractivity contribution in [2.24, 2.45) is 0 Å². The van der Waals surface area contributed by atoms with Crippen LogP contribution in [0.4, 0.5) is 10.1 Å². The van der Waals surface area contributed by atoms with E-state index in [-0.39, 0.29) is 23.3 Å². The number of amides is 2. The van der Waals surface area contributed by atoms with Crippen molar-refractivity contribution in [3.8, 4) is 0 Å². The molecule has 2 aliphatic rings. The molecule has 7 nitrogen and oxygen atoms in total. The number of nitrogens with zero attached hydrogens (tertiary/aromatic N) is 4. The van der Waals surface area contributed by atoms with Gasteiger partial charge < -0.3 is 10.2 Å². The number of anilines is 1. The lowest BCUT2D eigenvalue weighted by Gasteiger charge is -2.34. The van der Waals surface area contributed by atoms with E-state index in [0.29, 0.717) is 24.2 Å². The summed E-state index contributed by atoms with van der Waals surface area (Å²) in [5, 5.41) is 7.36. The van der Waals surface area contributed by atoms with E-state index in [1.165, 1.54) is 12.1 Å². The molecule has 6 rings (SSSR count). The zero-order valence-corrected chi connectivity index (χ0v) is 16.9. The number of likely N-dealkylation sites (tertiary alicyclic amines) is 1. The second-order valence-electron chi connectivity index (χ2n) is 8.13. The predicted molar refractivity (Wildman–Crippen MR) is 115 cm³/mol. The lowest BCUT2D eigenvalue weighted by molar-refractivity contribution is -0.121. The summed E-state index contributed by atoms with van der Waals surface area (Å²) in [6, 6.07) is 16.3. The summed E-state index contributed by atoms with van der Waals surface area (Å²) in [4.78, 5) is 33.0. The quantitative estimate of drug-likeness (QED) is 0.532. The Kier molecular flexibility index (Phi) is 3.92. The third-order valence-corrected chi connectivity index (χ3v) is 6.49. The topological polar surface area (TPSA) is 79.6 Å². The predicted octanol–water partition coefficient (Wildman–Crippen LogP) is 3.35. The summed E-state index contributed by atoms with van der Waals surface area (Å²) < 4.78 is 15.3. The molecule has 2 aliphatic heterocycles. The normalized spacial score (nSPS) is 21.8. The molecule has 32 heavy (non-hydrogen) atoms. The van der Waals surface area contributed by atoms with E-state index in [1.807, 2.05) is 24.3 Å². The van der Waals surface area contributed by atoms with Gasteiger partial charge in [0.25, 0.3) is 5.91 Å². The van der Waals surface area contributed by atoms with Gasteiger partial charge in [-0.25, -0.2) is 13.9 Å². The van der Waals surface area contributed by atoms with Crippen LogP contribution in [0.3, 0.4) is 0 Å². The molecule has 2 aromatic carbocycles. The van der Waals surface area contributed by atoms with Crippen LogP contribution in [0.25, 0.3) is 5.65 Å². The maximum Gasteiger partial charge on any atom is 0.275 e. The Morgan fingerprint density at radius 2 is 1.94 bits per heavy atom. The Hall–Kier alpha value is -4.07. The van der Waals surface area contributed by atoms with E-state index in [2.05, 4.69) is 15.4 Å². The minimum Gasteiger partial charge on any atom is -0.329 e. The summed E-state index contributed by atoms with van der Waals surface area (Å²) in [5.41, 5.74) is 2.15. The monoisotopic (exact) mass is 427 g/mol. The fraction of sp³-hybridized carbons (Fsp3) is 0.167. The van der Waals surface area contributed by atoms with Gasteiger partial charge in [-0.1, -0.05) is 30.3 Å². The molecule has 1 fully saturated rings. The van der Waals surface area contributed by atoms with Crippen LogP contribution in [0, 0.1) is 5.82 Å². The number of benzene rings is 2. The van der Waals surface area contributed by atoms with Crippen molar-refractivity contribution in [2.45, 2.75) is 17.9 Å². The Labute approximate surface area is 182 Å². The molecule has 1 N–H and O–H groups in total. The molecule has 0 bridgehead atoms. The third-order valence-electron chi connectivity index (χ3n) is 6.49. The highest BCUT2D eigenvalue weighted by Crippen LogP contribution is 2.54. The van der Waals surface area contributed by atoms with Crippen LogP contribution >= 0.6 is 0 Å². The molecule has 2 amide bonds. The molecule has 4 aromatic rings. The van der Waals surface area contributed by atoms with Crippen molar-refractivity contribution in [3.05, 3.63) is 95.7 Å². The van der Waals surface area contributed by atoms with E-state index in [1.54, 1.807) is 46.1 Å². The van der Waals surface area contributed by atoms with E-state index >= 15 is 0 Å². The van der Waals surface area contributed by atoms with Crippen LogP contribution in [0.15, 0.2) is 73.1 Å². The summed E-state index contributed by atoms with van der Waals surface area (Å²) in [5.74, 6) is -0.819. The first-order valence-electron chi connectivity index (χ1n) is 10.4. The first-order chi connectivity index (χ1) is 15.6. The van der Waals surface area contributed by atoms with Crippen molar-refractivity contribution >= 4 is 23.1 Å². The number of nitrogens with one attached hydrogen (secondary N) is 1. The van der Waals surface area contributed by atoms with Crippen molar-refractivity contribution in [2.75, 3.05) is 11.9 Å². The van der Waals surface area contributed by atoms with Gasteiger partial charge >= 0.3 is 0 Å². The highest BCUT2D eigenvalue weighted by molar-refractivity contribution is 6.08. The van der Waals surface area contributed by atoms with Crippen LogP contribution in [0.1, 0.15) is 34.1 Å². The van der Waals surface area contributed by atoms with Crippen molar-refractivity contribution in [1.82, 2.24) is 19.5 Å². The van der Waals surface area contributed by atoms with E-state index < -0.39 is 11.5 Å². The highest BCUT2D eigenvalue weighted by Gasteiger charge is 2.59. The number of carbonyl (C=O) groups is 2. The molecule has 0 unspecified atom stereocenters. The van der Waals surface area contributed by atoms with Gasteiger partial charge in [-0.2, -0.15) is 5.10 Å². The van der Waals surface area contributed by atoms with Crippen LogP contribution in [-0.4, -0.2) is 37.9 Å². The fourth-order valence-electron chi connectivity index (χ4n) is 5.10. The molecule has 0 radical (unpaired) electrons. The highest BCUT2D eigenvalue weighted by atomic mass is 19.1. The standard InChI is InChI=1S/C24H18FN5O2/c25-16-8-6-15(7-9-16)21-24(17-4-1-2-5-18(17)27-23(24)32)10-13-29(21)22(31)19-14-20-26-11-3-12-30(20)28-19/h1-9,11-12,14,21H,10,13H2,(H,27,32)/t21-,24+/m0/s1. The maximum atomic E-state index is 13.7. The van der Waals surface area contributed by atoms with Gasteiger partial charge in [-0.15, -0.1) is 0 Å². The van der Waals surface area contributed by atoms with Gasteiger partial charge in [0.2, 0.25) is 5.91 Å². The number of carbonyl (C=O) groups excluding carboxylic acids is 2. The molecular formula is C24H18FN5O2. The largest absolute Gasteiger partial charge is 0.329 e. The number of rotatable bonds is 2. The molecular weight excluding hydrogens is 409 g/mol. The van der Waals surface area contributed by atoms with E-state index in [9.17, 15) is 14.0 Å². The van der Waals surface area contributed by atoms with Crippen molar-refractivity contribution in [3.63, 3.8) is 0 Å². The van der Waals surface area contributed by atoms with Crippen LogP contribution < -0.4 is 5.32 Å². The zero-order valence-electron chi connectivity index (χ0n) is 16.9. The van der Waals surface area contributed by atoms with Gasteiger partial charge in [-0.05, 0) is 41.8 Å². The van der Waals surface area contributed by atoms with E-state index in [0.717, 1.165) is 11.3 Å². The van der Waals surface area contributed by atoms with Crippen molar-refractivity contribution in [1.29, 1.82) is 0 Å². The van der Waals surface area contributed by atoms with Gasteiger partial charge in [-0.3, -0.25) is 9.59 Å². The summed E-state index contributed by atoms with van der Waals surface area (Å²) in [6.45, 7) is 0.365.